The molecule has 0 radical (unpaired) electrons. The fraction of sp³-hybridized carbons (Fsp3) is 0.800. The van der Waals surface area contributed by atoms with E-state index in [-0.39, 0.29) is 0 Å². The van der Waals surface area contributed by atoms with E-state index in [1.54, 1.807) is 0 Å². The molecular formula is C20H38. The Morgan fingerprint density at radius 1 is 0.800 bits per heavy atom. The summed E-state index contributed by atoms with van der Waals surface area (Å²) < 4.78 is 0. The molecule has 0 aliphatic carbocycles. The molecule has 2 atom stereocenters. The van der Waals surface area contributed by atoms with E-state index in [0.717, 1.165) is 5.92 Å². The van der Waals surface area contributed by atoms with Crippen LogP contribution in [0.1, 0.15) is 91.4 Å². The maximum atomic E-state index is 4.00. The largest absolute Gasteiger partial charge is 0.103 e. The summed E-state index contributed by atoms with van der Waals surface area (Å²) in [6.07, 6.45) is 21.7. The molecule has 20 heavy (non-hydrogen) atoms. The maximum Gasteiger partial charge on any atom is -0.0202 e. The SMILES string of the molecule is C=C[C@@H](C/C=C/C[C@H](CC)CCCC)CCCCCC. The van der Waals surface area contributed by atoms with E-state index in [1.807, 2.05) is 0 Å². The van der Waals surface area contributed by atoms with E-state index >= 15 is 0 Å². The van der Waals surface area contributed by atoms with Crippen molar-refractivity contribution in [3.8, 4) is 0 Å². The summed E-state index contributed by atoms with van der Waals surface area (Å²) in [6.45, 7) is 10.9. The molecule has 0 heterocycles. The van der Waals surface area contributed by atoms with Gasteiger partial charge in [-0.3, -0.25) is 0 Å². The van der Waals surface area contributed by atoms with Crippen LogP contribution in [-0.4, -0.2) is 0 Å². The Hall–Kier alpha value is -0.520. The van der Waals surface area contributed by atoms with E-state index in [1.165, 1.54) is 70.6 Å². The highest BCUT2D eigenvalue weighted by Gasteiger charge is 2.04. The van der Waals surface area contributed by atoms with Gasteiger partial charge in [-0.25, -0.2) is 0 Å². The van der Waals surface area contributed by atoms with Crippen LogP contribution >= 0.6 is 0 Å². The van der Waals surface area contributed by atoms with Crippen molar-refractivity contribution < 1.29 is 0 Å². The molecule has 0 nitrogen and oxygen atoms in total. The molecular weight excluding hydrogens is 240 g/mol. The summed E-state index contributed by atoms with van der Waals surface area (Å²) in [6, 6.07) is 0. The van der Waals surface area contributed by atoms with E-state index < -0.39 is 0 Å². The van der Waals surface area contributed by atoms with Crippen molar-refractivity contribution in [3.05, 3.63) is 24.8 Å². The Bertz CT molecular complexity index is 226. The third kappa shape index (κ3) is 11.3. The van der Waals surface area contributed by atoms with Crippen LogP contribution in [0.15, 0.2) is 24.8 Å². The monoisotopic (exact) mass is 278 g/mol. The van der Waals surface area contributed by atoms with Gasteiger partial charge in [0.1, 0.15) is 0 Å². The van der Waals surface area contributed by atoms with Gasteiger partial charge in [-0.05, 0) is 31.1 Å². The van der Waals surface area contributed by atoms with Gasteiger partial charge in [0.25, 0.3) is 0 Å². The van der Waals surface area contributed by atoms with Gasteiger partial charge in [0.2, 0.25) is 0 Å². The summed E-state index contributed by atoms with van der Waals surface area (Å²) in [7, 11) is 0. The minimum Gasteiger partial charge on any atom is -0.103 e. The molecule has 0 N–H and O–H groups in total. The molecule has 0 aliphatic heterocycles. The highest BCUT2D eigenvalue weighted by molar-refractivity contribution is 4.90. The average Bonchev–Trinajstić information content (AvgIpc) is 2.48. The summed E-state index contributed by atoms with van der Waals surface area (Å²) in [5, 5.41) is 0. The molecule has 0 saturated heterocycles. The van der Waals surface area contributed by atoms with Gasteiger partial charge in [0, 0.05) is 0 Å². The average molecular weight is 279 g/mol. The van der Waals surface area contributed by atoms with Gasteiger partial charge in [-0.15, -0.1) is 6.58 Å². The summed E-state index contributed by atoms with van der Waals surface area (Å²) in [4.78, 5) is 0. The lowest BCUT2D eigenvalue weighted by Gasteiger charge is -2.12. The van der Waals surface area contributed by atoms with Crippen molar-refractivity contribution in [1.29, 1.82) is 0 Å². The first kappa shape index (κ1) is 19.5. The number of hydrogen-bond donors (Lipinski definition) is 0. The zero-order valence-corrected chi connectivity index (χ0v) is 14.4. The van der Waals surface area contributed by atoms with Crippen LogP contribution in [0.4, 0.5) is 0 Å². The fourth-order valence-electron chi connectivity index (χ4n) is 2.71. The Morgan fingerprint density at radius 2 is 1.50 bits per heavy atom. The Labute approximate surface area is 128 Å². The lowest BCUT2D eigenvalue weighted by molar-refractivity contribution is 0.455. The third-order valence-electron chi connectivity index (χ3n) is 4.38. The minimum atomic E-state index is 0.693. The number of hydrogen-bond acceptors (Lipinski definition) is 0. The normalized spacial score (nSPS) is 14.6. The van der Waals surface area contributed by atoms with Crippen LogP contribution in [-0.2, 0) is 0 Å². The first-order chi connectivity index (χ1) is 9.78. The fourth-order valence-corrected chi connectivity index (χ4v) is 2.71. The van der Waals surface area contributed by atoms with Crippen molar-refractivity contribution in [2.75, 3.05) is 0 Å². The molecule has 0 saturated carbocycles. The van der Waals surface area contributed by atoms with E-state index in [2.05, 4.69) is 45.6 Å². The van der Waals surface area contributed by atoms with E-state index in [4.69, 9.17) is 0 Å². The zero-order valence-electron chi connectivity index (χ0n) is 14.4. The van der Waals surface area contributed by atoms with Gasteiger partial charge < -0.3 is 0 Å². The van der Waals surface area contributed by atoms with Gasteiger partial charge >= 0.3 is 0 Å². The molecule has 0 rings (SSSR count). The second-order valence-corrected chi connectivity index (χ2v) is 6.20. The van der Waals surface area contributed by atoms with Crippen molar-refractivity contribution in [2.24, 2.45) is 11.8 Å². The van der Waals surface area contributed by atoms with Crippen LogP contribution in [0.5, 0.6) is 0 Å². The number of allylic oxidation sites excluding steroid dienone is 3. The van der Waals surface area contributed by atoms with E-state index in [9.17, 15) is 0 Å². The molecule has 0 amide bonds. The quantitative estimate of drug-likeness (QED) is 0.231. The molecule has 0 fully saturated rings. The Morgan fingerprint density at radius 3 is 2.10 bits per heavy atom. The summed E-state index contributed by atoms with van der Waals surface area (Å²) in [5.41, 5.74) is 0. The predicted molar refractivity (Wildman–Crippen MR) is 94.1 cm³/mol. The highest BCUT2D eigenvalue weighted by atomic mass is 14.1. The van der Waals surface area contributed by atoms with Crippen LogP contribution in [0.3, 0.4) is 0 Å². The molecule has 0 aromatic carbocycles. The number of rotatable bonds is 14. The summed E-state index contributed by atoms with van der Waals surface area (Å²) in [5.74, 6) is 1.59. The van der Waals surface area contributed by atoms with Crippen molar-refractivity contribution >= 4 is 0 Å². The third-order valence-corrected chi connectivity index (χ3v) is 4.38. The highest BCUT2D eigenvalue weighted by Crippen LogP contribution is 2.19. The van der Waals surface area contributed by atoms with Crippen LogP contribution in [0, 0.1) is 11.8 Å². The van der Waals surface area contributed by atoms with Crippen LogP contribution < -0.4 is 0 Å². The Kier molecular flexibility index (Phi) is 14.5. The van der Waals surface area contributed by atoms with Gasteiger partial charge in [-0.1, -0.05) is 90.4 Å². The second kappa shape index (κ2) is 14.9. The Balaban J connectivity index is 3.79. The van der Waals surface area contributed by atoms with Crippen LogP contribution in [0.2, 0.25) is 0 Å². The molecule has 0 bridgehead atoms. The first-order valence-electron chi connectivity index (χ1n) is 9.05. The van der Waals surface area contributed by atoms with Crippen molar-refractivity contribution in [3.63, 3.8) is 0 Å². The van der Waals surface area contributed by atoms with Crippen molar-refractivity contribution in [1.82, 2.24) is 0 Å². The van der Waals surface area contributed by atoms with Gasteiger partial charge in [-0.2, -0.15) is 0 Å². The molecule has 0 aliphatic rings. The topological polar surface area (TPSA) is 0 Å². The van der Waals surface area contributed by atoms with Gasteiger partial charge in [0.15, 0.2) is 0 Å². The van der Waals surface area contributed by atoms with Gasteiger partial charge in [0.05, 0.1) is 0 Å². The molecule has 0 aromatic heterocycles. The van der Waals surface area contributed by atoms with Crippen molar-refractivity contribution in [2.45, 2.75) is 91.4 Å². The molecule has 0 aromatic rings. The lowest BCUT2D eigenvalue weighted by Crippen LogP contribution is -1.97. The zero-order chi connectivity index (χ0) is 15.1. The number of unbranched alkanes of at least 4 members (excludes halogenated alkanes) is 4. The molecule has 0 heteroatoms. The molecule has 118 valence electrons. The van der Waals surface area contributed by atoms with Crippen LogP contribution in [0.25, 0.3) is 0 Å². The predicted octanol–water partition coefficient (Wildman–Crippen LogP) is 7.31. The first-order valence-corrected chi connectivity index (χ1v) is 9.05. The maximum absolute atomic E-state index is 4.00. The molecule has 0 spiro atoms. The van der Waals surface area contributed by atoms with E-state index in [0.29, 0.717) is 5.92 Å². The standard InChI is InChI=1S/C20H38/c1-5-9-11-12-16-20(8-4)18-14-13-17-19(7-3)15-10-6-2/h8,13-14,19-20H,4-7,9-12,15-18H2,1-3H3/b14-13+/t19-,20-/m1/s1. The molecule has 0 unspecified atom stereocenters. The lowest BCUT2D eigenvalue weighted by atomic mass is 9.94. The summed E-state index contributed by atoms with van der Waals surface area (Å²) >= 11 is 0. The second-order valence-electron chi connectivity index (χ2n) is 6.20. The smallest absolute Gasteiger partial charge is 0.0202 e. The minimum absolute atomic E-state index is 0.693.